The van der Waals surface area contributed by atoms with Crippen LogP contribution in [0.3, 0.4) is 0 Å². The number of halogens is 2. The van der Waals surface area contributed by atoms with Gasteiger partial charge in [0.15, 0.2) is 18.2 Å². The third-order valence-corrected chi connectivity index (χ3v) is 4.71. The molecule has 0 aliphatic carbocycles. The average molecular weight is 421 g/mol. The van der Waals surface area contributed by atoms with Gasteiger partial charge in [-0.05, 0) is 36.6 Å². The van der Waals surface area contributed by atoms with E-state index >= 15 is 0 Å². The van der Waals surface area contributed by atoms with Crippen molar-refractivity contribution in [3.05, 3.63) is 64.9 Å². The Kier molecular flexibility index (Phi) is 8.46. The van der Waals surface area contributed by atoms with E-state index in [1.54, 1.807) is 31.2 Å². The second-order valence-electron chi connectivity index (χ2n) is 7.15. The number of carbonyl (C=O) groups is 2. The van der Waals surface area contributed by atoms with Gasteiger partial charge in [-0.2, -0.15) is 0 Å². The lowest BCUT2D eigenvalue weighted by molar-refractivity contribution is -0.142. The smallest absolute Gasteiger partial charge is 0.261 e. The molecule has 2 aromatic carbocycles. The van der Waals surface area contributed by atoms with Gasteiger partial charge in [0.1, 0.15) is 6.04 Å². The Bertz CT molecular complexity index is 844. The first-order chi connectivity index (χ1) is 13.8. The lowest BCUT2D eigenvalue weighted by atomic mass is 10.1. The largest absolute Gasteiger partial charge is 0.481 e. The standard InChI is InChI=1S/C22H26ClFN2O3/c1-15(2)12-25-22(28)16(3)26(13-17-8-4-5-9-18(17)23)21(27)14-29-20-11-7-6-10-19(20)24/h4-11,15-16H,12-14H2,1-3H3,(H,25,28). The molecule has 1 atom stereocenters. The zero-order chi connectivity index (χ0) is 21.4. The number of amides is 2. The fourth-order valence-corrected chi connectivity index (χ4v) is 2.82. The molecule has 1 N–H and O–H groups in total. The van der Waals surface area contributed by atoms with Crippen LogP contribution < -0.4 is 10.1 Å². The number of hydrogen-bond donors (Lipinski definition) is 1. The van der Waals surface area contributed by atoms with Crippen molar-refractivity contribution in [2.24, 2.45) is 5.92 Å². The van der Waals surface area contributed by atoms with Gasteiger partial charge in [-0.15, -0.1) is 0 Å². The summed E-state index contributed by atoms with van der Waals surface area (Å²) in [6.45, 7) is 5.86. The SMILES string of the molecule is CC(C)CNC(=O)C(C)N(Cc1ccccc1Cl)C(=O)COc1ccccc1F. The monoisotopic (exact) mass is 420 g/mol. The van der Waals surface area contributed by atoms with Crippen LogP contribution in [0.4, 0.5) is 4.39 Å². The van der Waals surface area contributed by atoms with Crippen molar-refractivity contribution in [2.75, 3.05) is 13.2 Å². The maximum absolute atomic E-state index is 13.8. The minimum absolute atomic E-state index is 0.0181. The van der Waals surface area contributed by atoms with E-state index in [0.29, 0.717) is 17.1 Å². The van der Waals surface area contributed by atoms with Gasteiger partial charge in [-0.3, -0.25) is 9.59 Å². The van der Waals surface area contributed by atoms with E-state index in [1.165, 1.54) is 23.1 Å². The molecule has 2 amide bonds. The molecule has 0 aromatic heterocycles. The minimum Gasteiger partial charge on any atom is -0.481 e. The summed E-state index contributed by atoms with van der Waals surface area (Å²) in [5.74, 6) is -1.01. The molecule has 1 unspecified atom stereocenters. The number of benzene rings is 2. The van der Waals surface area contributed by atoms with Crippen molar-refractivity contribution >= 4 is 23.4 Å². The molecule has 5 nitrogen and oxygen atoms in total. The van der Waals surface area contributed by atoms with Crippen LogP contribution in [0.5, 0.6) is 5.75 Å². The summed E-state index contributed by atoms with van der Waals surface area (Å²) >= 11 is 6.23. The predicted molar refractivity (Wildman–Crippen MR) is 111 cm³/mol. The first-order valence-electron chi connectivity index (χ1n) is 9.47. The van der Waals surface area contributed by atoms with Gasteiger partial charge in [-0.25, -0.2) is 4.39 Å². The summed E-state index contributed by atoms with van der Waals surface area (Å²) < 4.78 is 19.1. The molecule has 0 radical (unpaired) electrons. The molecule has 0 bridgehead atoms. The average Bonchev–Trinajstić information content (AvgIpc) is 2.70. The van der Waals surface area contributed by atoms with Crippen molar-refractivity contribution in [2.45, 2.75) is 33.4 Å². The number of rotatable bonds is 9. The number of nitrogens with zero attached hydrogens (tertiary/aromatic N) is 1. The molecule has 0 spiro atoms. The Morgan fingerprint density at radius 3 is 2.41 bits per heavy atom. The number of ether oxygens (including phenoxy) is 1. The van der Waals surface area contributed by atoms with Crippen LogP contribution in [0, 0.1) is 11.7 Å². The van der Waals surface area contributed by atoms with E-state index in [2.05, 4.69) is 5.32 Å². The Morgan fingerprint density at radius 2 is 1.76 bits per heavy atom. The molecule has 2 aromatic rings. The second-order valence-corrected chi connectivity index (χ2v) is 7.55. The van der Waals surface area contributed by atoms with Gasteiger partial charge >= 0.3 is 0 Å². The molecule has 0 aliphatic rings. The van der Waals surface area contributed by atoms with Gasteiger partial charge in [0, 0.05) is 18.1 Å². The fourth-order valence-electron chi connectivity index (χ4n) is 2.63. The molecule has 7 heteroatoms. The van der Waals surface area contributed by atoms with Crippen molar-refractivity contribution < 1.29 is 18.7 Å². The van der Waals surface area contributed by atoms with Crippen LogP contribution in [0.2, 0.25) is 5.02 Å². The highest BCUT2D eigenvalue weighted by Crippen LogP contribution is 2.20. The molecule has 0 fully saturated rings. The highest BCUT2D eigenvalue weighted by Gasteiger charge is 2.27. The van der Waals surface area contributed by atoms with Gasteiger partial charge < -0.3 is 15.0 Å². The van der Waals surface area contributed by atoms with Crippen LogP contribution in [0.25, 0.3) is 0 Å². The van der Waals surface area contributed by atoms with E-state index in [9.17, 15) is 14.0 Å². The summed E-state index contributed by atoms with van der Waals surface area (Å²) in [5.41, 5.74) is 0.705. The molecule has 156 valence electrons. The van der Waals surface area contributed by atoms with E-state index in [0.717, 1.165) is 0 Å². The maximum Gasteiger partial charge on any atom is 0.261 e. The maximum atomic E-state index is 13.8. The topological polar surface area (TPSA) is 58.6 Å². The van der Waals surface area contributed by atoms with E-state index in [4.69, 9.17) is 16.3 Å². The predicted octanol–water partition coefficient (Wildman–Crippen LogP) is 4.05. The van der Waals surface area contributed by atoms with E-state index in [-0.39, 0.29) is 24.1 Å². The molecule has 2 rings (SSSR count). The highest BCUT2D eigenvalue weighted by molar-refractivity contribution is 6.31. The van der Waals surface area contributed by atoms with Crippen LogP contribution in [-0.2, 0) is 16.1 Å². The van der Waals surface area contributed by atoms with Crippen molar-refractivity contribution in [3.63, 3.8) is 0 Å². The van der Waals surface area contributed by atoms with E-state index < -0.39 is 24.4 Å². The van der Waals surface area contributed by atoms with Crippen LogP contribution in [0.1, 0.15) is 26.3 Å². The molecule has 0 heterocycles. The zero-order valence-electron chi connectivity index (χ0n) is 16.8. The first-order valence-corrected chi connectivity index (χ1v) is 9.85. The quantitative estimate of drug-likeness (QED) is 0.665. The molecular weight excluding hydrogens is 395 g/mol. The normalized spacial score (nSPS) is 11.8. The summed E-state index contributed by atoms with van der Waals surface area (Å²) in [6, 6.07) is 12.2. The molecule has 0 aliphatic heterocycles. The van der Waals surface area contributed by atoms with Gasteiger partial charge in [-0.1, -0.05) is 55.8 Å². The van der Waals surface area contributed by atoms with Crippen LogP contribution in [0.15, 0.2) is 48.5 Å². The van der Waals surface area contributed by atoms with Crippen molar-refractivity contribution in [1.82, 2.24) is 10.2 Å². The molecule has 0 saturated carbocycles. The third kappa shape index (κ3) is 6.75. The molecule has 29 heavy (non-hydrogen) atoms. The lowest BCUT2D eigenvalue weighted by Gasteiger charge is -2.29. The Hall–Kier alpha value is -2.60. The van der Waals surface area contributed by atoms with E-state index in [1.807, 2.05) is 19.9 Å². The summed E-state index contributed by atoms with van der Waals surface area (Å²) in [5, 5.41) is 3.33. The van der Waals surface area contributed by atoms with Gasteiger partial charge in [0.2, 0.25) is 5.91 Å². The first kappa shape index (κ1) is 22.7. The Balaban J connectivity index is 2.16. The van der Waals surface area contributed by atoms with Crippen LogP contribution >= 0.6 is 11.6 Å². The van der Waals surface area contributed by atoms with Gasteiger partial charge in [0.25, 0.3) is 5.91 Å². The van der Waals surface area contributed by atoms with Gasteiger partial charge in [0.05, 0.1) is 0 Å². The fraction of sp³-hybridized carbons (Fsp3) is 0.364. The molecular formula is C22H26ClFN2O3. The summed E-state index contributed by atoms with van der Waals surface area (Å²) in [7, 11) is 0. The van der Waals surface area contributed by atoms with Crippen molar-refractivity contribution in [3.8, 4) is 5.75 Å². The second kappa shape index (κ2) is 10.8. The van der Waals surface area contributed by atoms with Crippen LogP contribution in [-0.4, -0.2) is 35.9 Å². The number of nitrogens with one attached hydrogen (secondary N) is 1. The third-order valence-electron chi connectivity index (χ3n) is 4.34. The number of para-hydroxylation sites is 1. The number of carbonyl (C=O) groups excluding carboxylic acids is 2. The Morgan fingerprint density at radius 1 is 1.10 bits per heavy atom. The molecule has 0 saturated heterocycles. The highest BCUT2D eigenvalue weighted by atomic mass is 35.5. The number of hydrogen-bond acceptors (Lipinski definition) is 3. The summed E-state index contributed by atoms with van der Waals surface area (Å²) in [6.07, 6.45) is 0. The Labute approximate surface area is 175 Å². The van der Waals surface area contributed by atoms with Crippen molar-refractivity contribution in [1.29, 1.82) is 0 Å². The lowest BCUT2D eigenvalue weighted by Crippen LogP contribution is -2.49. The summed E-state index contributed by atoms with van der Waals surface area (Å²) in [4.78, 5) is 26.8. The zero-order valence-corrected chi connectivity index (χ0v) is 17.6. The minimum atomic E-state index is -0.748.